The second kappa shape index (κ2) is 46.2. The molecular formula is C48H104Al2Mg. The Morgan fingerprint density at radius 1 is 0.176 bits per heavy atom. The van der Waals surface area contributed by atoms with E-state index in [0.717, 1.165) is 0 Å². The molecule has 0 aliphatic heterocycles. The molecule has 0 rings (SSSR count). The molecule has 0 aromatic heterocycles. The van der Waals surface area contributed by atoms with E-state index < -0.39 is 26.2 Å². The van der Waals surface area contributed by atoms with Gasteiger partial charge in [0.25, 0.3) is 0 Å². The Bertz CT molecular complexity index is 449. The van der Waals surface area contributed by atoms with Crippen molar-refractivity contribution in [3.8, 4) is 0 Å². The van der Waals surface area contributed by atoms with Crippen LogP contribution in [0.5, 0.6) is 0 Å². The standard InChI is InChI=1S/8C6H13.2Al.Mg/c8*1-3-5-6-4-2;;;/h8*1,3-6H2,2H3;;;/q;;;;;;;;2*-1;+2. The van der Waals surface area contributed by atoms with Crippen LogP contribution in [0.3, 0.4) is 0 Å². The Morgan fingerprint density at radius 3 is 0.392 bits per heavy atom. The molecule has 0 atom stereocenters. The van der Waals surface area contributed by atoms with Gasteiger partial charge < -0.3 is 0 Å². The van der Waals surface area contributed by atoms with Crippen molar-refractivity contribution in [3.05, 3.63) is 0 Å². The second-order valence-corrected chi connectivity index (χ2v) is 29.8. The molecule has 3 heteroatoms. The van der Waals surface area contributed by atoms with Crippen LogP contribution in [0.4, 0.5) is 0 Å². The van der Waals surface area contributed by atoms with Crippen molar-refractivity contribution in [1.29, 1.82) is 0 Å². The maximum atomic E-state index is 2.35. The number of unbranched alkanes of at least 4 members (excludes halogenated alkanes) is 24. The summed E-state index contributed by atoms with van der Waals surface area (Å²) in [6.07, 6.45) is 47.5. The van der Waals surface area contributed by atoms with Gasteiger partial charge in [-0.05, 0) is 0 Å². The first kappa shape index (κ1) is 57.2. The molecule has 0 unspecified atom stereocenters. The number of rotatable bonds is 40. The van der Waals surface area contributed by atoms with Gasteiger partial charge in [-0.15, -0.1) is 0 Å². The minimum atomic E-state index is -1.33. The maximum absolute atomic E-state index is 2.35. The van der Waals surface area contributed by atoms with Gasteiger partial charge in [0, 0.05) is 0 Å². The van der Waals surface area contributed by atoms with Gasteiger partial charge in [-0.2, -0.15) is 42.3 Å². The van der Waals surface area contributed by atoms with Gasteiger partial charge in [-0.3, -0.25) is 0 Å². The van der Waals surface area contributed by atoms with Gasteiger partial charge >= 0.3 is 23.1 Å². The molecule has 0 spiro atoms. The average molecular weight is 760 g/mol. The zero-order valence-electron chi connectivity index (χ0n) is 38.1. The fourth-order valence-electron chi connectivity index (χ4n) is 9.77. The van der Waals surface area contributed by atoms with Gasteiger partial charge in [0.2, 0.25) is 0 Å². The van der Waals surface area contributed by atoms with E-state index in [0.29, 0.717) is 0 Å². The molecule has 0 aromatic rings. The number of hydrogen-bond acceptors (Lipinski definition) is 0. The Kier molecular flexibility index (Phi) is 51.8. The van der Waals surface area contributed by atoms with Gasteiger partial charge in [-0.1, -0.05) is 261 Å². The van der Waals surface area contributed by atoms with Crippen molar-refractivity contribution in [3.63, 3.8) is 0 Å². The predicted molar refractivity (Wildman–Crippen MR) is 249 cm³/mol. The fraction of sp³-hybridized carbons (Fsp3) is 1.00. The van der Waals surface area contributed by atoms with Crippen molar-refractivity contribution in [2.45, 2.75) is 303 Å². The Balaban J connectivity index is -0.000000886. The molecule has 0 aliphatic carbocycles. The largest absolute Gasteiger partial charge is 2.00 e. The van der Waals surface area contributed by atoms with E-state index in [1.165, 1.54) is 154 Å². The molecular weight excluding hydrogens is 655 g/mol. The van der Waals surface area contributed by atoms with Gasteiger partial charge in [0.15, 0.2) is 0 Å². The number of hydrogen-bond donors (Lipinski definition) is 0. The van der Waals surface area contributed by atoms with Gasteiger partial charge in [0.05, 0.1) is 0 Å². The third-order valence-electron chi connectivity index (χ3n) is 13.4. The first-order chi connectivity index (χ1) is 24.5. The van der Waals surface area contributed by atoms with Crippen molar-refractivity contribution in [1.82, 2.24) is 0 Å². The van der Waals surface area contributed by atoms with Crippen LogP contribution in [-0.2, 0) is 0 Å². The van der Waals surface area contributed by atoms with Gasteiger partial charge in [-0.25, -0.2) is 0 Å². The van der Waals surface area contributed by atoms with Crippen LogP contribution in [0.1, 0.15) is 261 Å². The van der Waals surface area contributed by atoms with Crippen LogP contribution in [0.2, 0.25) is 42.3 Å². The molecule has 0 aliphatic rings. The fourth-order valence-corrected chi connectivity index (χ4v) is 22.5. The summed E-state index contributed by atoms with van der Waals surface area (Å²) >= 11 is -2.67. The summed E-state index contributed by atoms with van der Waals surface area (Å²) in [5.74, 6) is 0. The Labute approximate surface area is 349 Å². The SMILES string of the molecule is CCCCC[CH2][Al-]([CH2]CCCCC)([CH2]CCCCC)[CH2]CCCCC.CCCCC[CH2][Al-]([CH2]CCCCC)([CH2]CCCCC)[CH2]CCCCC.[Mg+2]. The summed E-state index contributed by atoms with van der Waals surface area (Å²) in [6, 6.07) is 0. The van der Waals surface area contributed by atoms with Crippen LogP contribution in [0.15, 0.2) is 0 Å². The van der Waals surface area contributed by atoms with E-state index in [2.05, 4.69) is 55.4 Å². The van der Waals surface area contributed by atoms with E-state index in [-0.39, 0.29) is 23.1 Å². The normalized spacial score (nSPS) is 11.8. The third kappa shape index (κ3) is 38.5. The van der Waals surface area contributed by atoms with E-state index in [4.69, 9.17) is 0 Å². The molecule has 0 fully saturated rings. The monoisotopic (exact) mass is 759 g/mol. The molecule has 304 valence electrons. The van der Waals surface area contributed by atoms with E-state index >= 15 is 0 Å². The summed E-state index contributed by atoms with van der Waals surface area (Å²) in [6.45, 7) is 18.8. The zero-order chi connectivity index (χ0) is 37.3. The van der Waals surface area contributed by atoms with Crippen molar-refractivity contribution in [2.24, 2.45) is 0 Å². The molecule has 0 aromatic carbocycles. The minimum Gasteiger partial charge on any atom is -0.191 e. The van der Waals surface area contributed by atoms with E-state index in [1.807, 2.05) is 0 Å². The summed E-state index contributed by atoms with van der Waals surface area (Å²) in [5, 5.41) is 13.5. The van der Waals surface area contributed by atoms with Crippen LogP contribution in [-0.4, -0.2) is 49.2 Å². The Hall–Kier alpha value is 1.83. The molecule has 0 N–H and O–H groups in total. The summed E-state index contributed by atoms with van der Waals surface area (Å²) in [4.78, 5) is 0. The summed E-state index contributed by atoms with van der Waals surface area (Å²) in [5.41, 5.74) is 0. The van der Waals surface area contributed by atoms with E-state index in [1.54, 1.807) is 93.6 Å². The van der Waals surface area contributed by atoms with Crippen molar-refractivity contribution in [2.75, 3.05) is 0 Å². The van der Waals surface area contributed by atoms with E-state index in [9.17, 15) is 0 Å². The van der Waals surface area contributed by atoms with Crippen molar-refractivity contribution < 1.29 is 0 Å². The molecule has 0 amide bonds. The zero-order valence-corrected chi connectivity index (χ0v) is 41.9. The quantitative estimate of drug-likeness (QED) is 0.0431. The third-order valence-corrected chi connectivity index (χ3v) is 26.4. The molecule has 0 bridgehead atoms. The molecule has 0 radical (unpaired) electrons. The van der Waals surface area contributed by atoms with Gasteiger partial charge in [0.1, 0.15) is 26.2 Å². The summed E-state index contributed by atoms with van der Waals surface area (Å²) in [7, 11) is 0. The smallest absolute Gasteiger partial charge is 0.191 e. The van der Waals surface area contributed by atoms with Crippen LogP contribution in [0.25, 0.3) is 0 Å². The molecule has 0 nitrogen and oxygen atoms in total. The van der Waals surface area contributed by atoms with Crippen molar-refractivity contribution >= 4 is 49.2 Å². The first-order valence-electron chi connectivity index (χ1n) is 24.9. The molecule has 51 heavy (non-hydrogen) atoms. The minimum absolute atomic E-state index is 0. The average Bonchev–Trinajstić information content (AvgIpc) is 3.13. The first-order valence-corrected chi connectivity index (χ1v) is 31.5. The van der Waals surface area contributed by atoms with Crippen LogP contribution >= 0.6 is 0 Å². The molecule has 0 heterocycles. The molecule has 0 saturated carbocycles. The molecule has 0 saturated heterocycles. The maximum Gasteiger partial charge on any atom is 2.00 e. The van der Waals surface area contributed by atoms with Crippen LogP contribution < -0.4 is 0 Å². The summed E-state index contributed by atoms with van der Waals surface area (Å²) < 4.78 is 0. The Morgan fingerprint density at radius 2 is 0.294 bits per heavy atom. The second-order valence-electron chi connectivity index (χ2n) is 18.3. The van der Waals surface area contributed by atoms with Crippen LogP contribution in [0, 0.1) is 0 Å². The predicted octanol–water partition coefficient (Wildman–Crippen LogP) is 19.1. The topological polar surface area (TPSA) is 0 Å².